The number of carbonyl (C=O) groups is 1. The molecule has 4 nitrogen and oxygen atoms in total. The number of alkyl halides is 3. The van der Waals surface area contributed by atoms with E-state index in [1.807, 2.05) is 0 Å². The van der Waals surface area contributed by atoms with E-state index in [2.05, 4.69) is 9.84 Å². The number of nitrogens with zero attached hydrogens (tertiary/aromatic N) is 2. The van der Waals surface area contributed by atoms with Crippen LogP contribution in [0.5, 0.6) is 0 Å². The van der Waals surface area contributed by atoms with Crippen molar-refractivity contribution in [1.82, 2.24) is 9.78 Å². The van der Waals surface area contributed by atoms with Crippen molar-refractivity contribution in [3.63, 3.8) is 0 Å². The second-order valence-corrected chi connectivity index (χ2v) is 4.11. The Balaban J connectivity index is 2.10. The lowest BCUT2D eigenvalue weighted by Gasteiger charge is -2.07. The smallest absolute Gasteiger partial charge is 0.416 e. The predicted molar refractivity (Wildman–Crippen MR) is 64.1 cm³/mol. The Kier molecular flexibility index (Phi) is 3.78. The van der Waals surface area contributed by atoms with E-state index in [1.54, 1.807) is 0 Å². The zero-order valence-electron chi connectivity index (χ0n) is 10.5. The minimum atomic E-state index is -4.34. The summed E-state index contributed by atoms with van der Waals surface area (Å²) in [7, 11) is 1.26. The highest BCUT2D eigenvalue weighted by Gasteiger charge is 2.29. The molecule has 0 saturated heterocycles. The molecule has 0 saturated carbocycles. The van der Waals surface area contributed by atoms with E-state index in [0.29, 0.717) is 11.1 Å². The Morgan fingerprint density at radius 3 is 2.50 bits per heavy atom. The SMILES string of the molecule is COC(=O)c1cnn(Cc2ccc(C(F)(F)F)cc2)c1. The summed E-state index contributed by atoms with van der Waals surface area (Å²) in [5.74, 6) is -0.510. The molecule has 20 heavy (non-hydrogen) atoms. The quantitative estimate of drug-likeness (QED) is 0.814. The molecule has 2 aromatic rings. The van der Waals surface area contributed by atoms with E-state index in [9.17, 15) is 18.0 Å². The van der Waals surface area contributed by atoms with Crippen LogP contribution >= 0.6 is 0 Å². The standard InChI is InChI=1S/C13H11F3N2O2/c1-20-12(19)10-6-17-18(8-10)7-9-2-4-11(5-3-9)13(14,15)16/h2-6,8H,7H2,1H3. The lowest BCUT2D eigenvalue weighted by atomic mass is 10.1. The normalized spacial score (nSPS) is 11.4. The predicted octanol–water partition coefficient (Wildman–Crippen LogP) is 2.74. The van der Waals surface area contributed by atoms with Gasteiger partial charge < -0.3 is 4.74 Å². The van der Waals surface area contributed by atoms with Crippen LogP contribution in [-0.2, 0) is 17.5 Å². The molecule has 106 valence electrons. The number of benzene rings is 1. The molecule has 1 aromatic heterocycles. The largest absolute Gasteiger partial charge is 0.465 e. The lowest BCUT2D eigenvalue weighted by Crippen LogP contribution is -2.06. The maximum atomic E-state index is 12.4. The molecule has 2 rings (SSSR count). The lowest BCUT2D eigenvalue weighted by molar-refractivity contribution is -0.137. The van der Waals surface area contributed by atoms with Gasteiger partial charge in [0.2, 0.25) is 0 Å². The molecule has 7 heteroatoms. The van der Waals surface area contributed by atoms with Crippen LogP contribution < -0.4 is 0 Å². The van der Waals surface area contributed by atoms with E-state index >= 15 is 0 Å². The van der Waals surface area contributed by atoms with Crippen LogP contribution in [0.15, 0.2) is 36.7 Å². The molecule has 0 aliphatic carbocycles. The Labute approximate surface area is 112 Å². The molecule has 1 aromatic carbocycles. The summed E-state index contributed by atoms with van der Waals surface area (Å²) in [5, 5.41) is 3.95. The molecule has 1 heterocycles. The van der Waals surface area contributed by atoms with Crippen LogP contribution in [0.4, 0.5) is 13.2 Å². The van der Waals surface area contributed by atoms with Crippen LogP contribution in [0.2, 0.25) is 0 Å². The van der Waals surface area contributed by atoms with Gasteiger partial charge in [-0.05, 0) is 17.7 Å². The van der Waals surface area contributed by atoms with Crippen molar-refractivity contribution in [2.45, 2.75) is 12.7 Å². The van der Waals surface area contributed by atoms with E-state index in [0.717, 1.165) is 12.1 Å². The second kappa shape index (κ2) is 5.36. The number of methoxy groups -OCH3 is 1. The zero-order valence-corrected chi connectivity index (χ0v) is 10.5. The number of esters is 1. The number of halogens is 3. The maximum absolute atomic E-state index is 12.4. The van der Waals surface area contributed by atoms with Crippen molar-refractivity contribution in [3.8, 4) is 0 Å². The van der Waals surface area contributed by atoms with Crippen LogP contribution in [0.3, 0.4) is 0 Å². The summed E-state index contributed by atoms with van der Waals surface area (Å²) in [5.41, 5.74) is 0.244. The fourth-order valence-electron chi connectivity index (χ4n) is 1.66. The van der Waals surface area contributed by atoms with Gasteiger partial charge in [0.25, 0.3) is 0 Å². The number of carbonyl (C=O) groups excluding carboxylic acids is 1. The van der Waals surface area contributed by atoms with Gasteiger partial charge in [-0.2, -0.15) is 18.3 Å². The second-order valence-electron chi connectivity index (χ2n) is 4.11. The van der Waals surface area contributed by atoms with Crippen molar-refractivity contribution in [3.05, 3.63) is 53.3 Å². The van der Waals surface area contributed by atoms with Crippen molar-refractivity contribution in [1.29, 1.82) is 0 Å². The molecular weight excluding hydrogens is 273 g/mol. The number of hydrogen-bond acceptors (Lipinski definition) is 3. The first-order valence-electron chi connectivity index (χ1n) is 5.67. The van der Waals surface area contributed by atoms with E-state index in [1.165, 1.54) is 36.3 Å². The average Bonchev–Trinajstić information content (AvgIpc) is 2.86. The molecule has 0 atom stereocenters. The van der Waals surface area contributed by atoms with Gasteiger partial charge in [-0.15, -0.1) is 0 Å². The molecular formula is C13H11F3N2O2. The summed E-state index contributed by atoms with van der Waals surface area (Å²) < 4.78 is 43.2. The third kappa shape index (κ3) is 3.17. The van der Waals surface area contributed by atoms with Crippen molar-refractivity contribution in [2.24, 2.45) is 0 Å². The van der Waals surface area contributed by atoms with Gasteiger partial charge in [-0.3, -0.25) is 4.68 Å². The summed E-state index contributed by atoms with van der Waals surface area (Å²) >= 11 is 0. The first kappa shape index (κ1) is 14.1. The minimum absolute atomic E-state index is 0.273. The van der Waals surface area contributed by atoms with Crippen LogP contribution in [0.25, 0.3) is 0 Å². The van der Waals surface area contributed by atoms with E-state index < -0.39 is 17.7 Å². The van der Waals surface area contributed by atoms with Gasteiger partial charge in [0.15, 0.2) is 0 Å². The van der Waals surface area contributed by atoms with Gasteiger partial charge in [-0.1, -0.05) is 12.1 Å². The van der Waals surface area contributed by atoms with Gasteiger partial charge >= 0.3 is 12.1 Å². The van der Waals surface area contributed by atoms with Crippen molar-refractivity contribution >= 4 is 5.97 Å². The topological polar surface area (TPSA) is 44.1 Å². The summed E-state index contributed by atoms with van der Waals surface area (Å²) in [6.45, 7) is 0.273. The Morgan fingerprint density at radius 2 is 1.95 bits per heavy atom. The number of hydrogen-bond donors (Lipinski definition) is 0. The van der Waals surface area contributed by atoms with Gasteiger partial charge in [-0.25, -0.2) is 4.79 Å². The highest BCUT2D eigenvalue weighted by atomic mass is 19.4. The maximum Gasteiger partial charge on any atom is 0.416 e. The monoisotopic (exact) mass is 284 g/mol. The van der Waals surface area contributed by atoms with Gasteiger partial charge in [0, 0.05) is 6.20 Å². The molecule has 0 N–H and O–H groups in total. The van der Waals surface area contributed by atoms with E-state index in [4.69, 9.17) is 0 Å². The first-order valence-corrected chi connectivity index (χ1v) is 5.67. The van der Waals surface area contributed by atoms with Crippen LogP contribution in [-0.4, -0.2) is 22.9 Å². The molecule has 0 spiro atoms. The van der Waals surface area contributed by atoms with E-state index in [-0.39, 0.29) is 6.54 Å². The van der Waals surface area contributed by atoms with Gasteiger partial charge in [0.1, 0.15) is 0 Å². The van der Waals surface area contributed by atoms with Crippen molar-refractivity contribution < 1.29 is 22.7 Å². The number of aromatic nitrogens is 2. The first-order chi connectivity index (χ1) is 9.40. The highest BCUT2D eigenvalue weighted by molar-refractivity contribution is 5.88. The molecule has 0 unspecified atom stereocenters. The highest BCUT2D eigenvalue weighted by Crippen LogP contribution is 2.29. The average molecular weight is 284 g/mol. The number of rotatable bonds is 3. The molecule has 0 bridgehead atoms. The van der Waals surface area contributed by atoms with Gasteiger partial charge in [0.05, 0.1) is 31.0 Å². The Bertz CT molecular complexity index is 603. The number of ether oxygens (including phenoxy) is 1. The summed E-state index contributed by atoms with van der Waals surface area (Å²) in [6.07, 6.45) is -1.53. The minimum Gasteiger partial charge on any atom is -0.465 e. The summed E-state index contributed by atoms with van der Waals surface area (Å²) in [6, 6.07) is 4.78. The third-order valence-corrected chi connectivity index (χ3v) is 2.68. The molecule has 0 aliphatic heterocycles. The fourth-order valence-corrected chi connectivity index (χ4v) is 1.66. The molecule has 0 amide bonds. The Hall–Kier alpha value is -2.31. The molecule has 0 aliphatic rings. The van der Waals surface area contributed by atoms with Crippen LogP contribution in [0, 0.1) is 0 Å². The fraction of sp³-hybridized carbons (Fsp3) is 0.231. The van der Waals surface area contributed by atoms with Crippen LogP contribution in [0.1, 0.15) is 21.5 Å². The zero-order chi connectivity index (χ0) is 14.8. The molecule has 0 radical (unpaired) electrons. The Morgan fingerprint density at radius 1 is 1.30 bits per heavy atom. The third-order valence-electron chi connectivity index (χ3n) is 2.68. The van der Waals surface area contributed by atoms with Crippen molar-refractivity contribution in [2.75, 3.05) is 7.11 Å². The molecule has 0 fully saturated rings. The summed E-state index contributed by atoms with van der Waals surface area (Å²) in [4.78, 5) is 11.2.